The van der Waals surface area contributed by atoms with Gasteiger partial charge in [0.1, 0.15) is 0 Å². The molecule has 128 valence electrons. The van der Waals surface area contributed by atoms with Crippen LogP contribution >= 0.6 is 0 Å². The van der Waals surface area contributed by atoms with Gasteiger partial charge in [-0.15, -0.1) is 0 Å². The molecule has 1 aliphatic rings. The molecule has 0 aromatic heterocycles. The van der Waals surface area contributed by atoms with E-state index in [0.717, 1.165) is 26.1 Å². The first-order valence-corrected chi connectivity index (χ1v) is 8.83. The van der Waals surface area contributed by atoms with Crippen LogP contribution < -0.4 is 5.32 Å². The van der Waals surface area contributed by atoms with E-state index in [1.165, 1.54) is 18.4 Å². The molecular formula is C19H31N3O. The maximum absolute atomic E-state index is 12.1. The Kier molecular flexibility index (Phi) is 7.06. The van der Waals surface area contributed by atoms with Crippen LogP contribution in [0.3, 0.4) is 0 Å². The minimum absolute atomic E-state index is 0.0694. The Morgan fingerprint density at radius 3 is 2.57 bits per heavy atom. The summed E-state index contributed by atoms with van der Waals surface area (Å²) in [6, 6.07) is 11.0. The zero-order valence-electron chi connectivity index (χ0n) is 14.8. The Hall–Kier alpha value is -1.39. The third-order valence-electron chi connectivity index (χ3n) is 4.80. The third kappa shape index (κ3) is 5.63. The van der Waals surface area contributed by atoms with Gasteiger partial charge in [-0.05, 0) is 52.0 Å². The van der Waals surface area contributed by atoms with Crippen LogP contribution in [-0.4, -0.2) is 55.5 Å². The highest BCUT2D eigenvalue weighted by molar-refractivity contribution is 5.76. The van der Waals surface area contributed by atoms with E-state index < -0.39 is 0 Å². The zero-order valence-corrected chi connectivity index (χ0v) is 14.8. The fourth-order valence-corrected chi connectivity index (χ4v) is 3.29. The molecule has 1 aromatic rings. The Bertz CT molecular complexity index is 469. The number of nitrogens with one attached hydrogen (secondary N) is 1. The van der Waals surface area contributed by atoms with Gasteiger partial charge in [0.05, 0.1) is 6.04 Å². The van der Waals surface area contributed by atoms with Crippen molar-refractivity contribution < 1.29 is 4.79 Å². The first-order chi connectivity index (χ1) is 11.1. The van der Waals surface area contributed by atoms with Crippen molar-refractivity contribution in [3.8, 4) is 0 Å². The number of carbonyl (C=O) groups is 1. The van der Waals surface area contributed by atoms with E-state index >= 15 is 0 Å². The molecule has 1 aromatic carbocycles. The molecular weight excluding hydrogens is 286 g/mol. The molecule has 0 saturated carbocycles. The average molecular weight is 317 g/mol. The normalized spacial score (nSPS) is 18.1. The van der Waals surface area contributed by atoms with Crippen LogP contribution in [0.4, 0.5) is 0 Å². The van der Waals surface area contributed by atoms with Crippen LogP contribution in [0.1, 0.15) is 44.2 Å². The van der Waals surface area contributed by atoms with E-state index in [0.29, 0.717) is 12.5 Å². The highest BCUT2D eigenvalue weighted by atomic mass is 16.1. The standard InChI is InChI=1S/C19H31N3O/c1-4-8-19(23)20-18(16-9-6-5-7-10-16)15-22(3)17-11-13-21(2)14-12-17/h5-7,9-10,17-18H,4,8,11-15H2,1-3H3,(H,20,23)/t18-/m1/s1. The number of amides is 1. The van der Waals surface area contributed by atoms with Crippen molar-refractivity contribution in [2.75, 3.05) is 33.7 Å². The summed E-state index contributed by atoms with van der Waals surface area (Å²) in [5.74, 6) is 0.151. The van der Waals surface area contributed by atoms with Crippen molar-refractivity contribution in [1.29, 1.82) is 0 Å². The molecule has 0 unspecified atom stereocenters. The SMILES string of the molecule is CCCC(=O)N[C@H](CN(C)C1CCN(C)CC1)c1ccccc1. The van der Waals surface area contributed by atoms with Gasteiger partial charge in [0, 0.05) is 19.0 Å². The molecule has 4 nitrogen and oxygen atoms in total. The Morgan fingerprint density at radius 2 is 1.96 bits per heavy atom. The predicted octanol–water partition coefficient (Wildman–Crippen LogP) is 2.67. The lowest BCUT2D eigenvalue weighted by Crippen LogP contribution is -2.45. The molecule has 1 aliphatic heterocycles. The second-order valence-electron chi connectivity index (χ2n) is 6.75. The molecule has 23 heavy (non-hydrogen) atoms. The number of hydrogen-bond donors (Lipinski definition) is 1. The molecule has 1 saturated heterocycles. The van der Waals surface area contributed by atoms with Crippen LogP contribution in [0, 0.1) is 0 Å². The van der Waals surface area contributed by atoms with E-state index in [4.69, 9.17) is 0 Å². The number of likely N-dealkylation sites (N-methyl/N-ethyl adjacent to an activating group) is 1. The fourth-order valence-electron chi connectivity index (χ4n) is 3.29. The molecule has 0 spiro atoms. The summed E-state index contributed by atoms with van der Waals surface area (Å²) in [4.78, 5) is 16.9. The van der Waals surface area contributed by atoms with E-state index in [1.807, 2.05) is 25.1 Å². The van der Waals surface area contributed by atoms with Gasteiger partial charge in [0.25, 0.3) is 0 Å². The van der Waals surface area contributed by atoms with Crippen molar-refractivity contribution in [1.82, 2.24) is 15.1 Å². The lowest BCUT2D eigenvalue weighted by Gasteiger charge is -2.37. The second-order valence-corrected chi connectivity index (χ2v) is 6.75. The maximum atomic E-state index is 12.1. The summed E-state index contributed by atoms with van der Waals surface area (Å²) < 4.78 is 0. The average Bonchev–Trinajstić information content (AvgIpc) is 2.56. The summed E-state index contributed by atoms with van der Waals surface area (Å²) >= 11 is 0. The first kappa shape index (κ1) is 18.0. The number of nitrogens with zero attached hydrogens (tertiary/aromatic N) is 2. The number of piperidine rings is 1. The fraction of sp³-hybridized carbons (Fsp3) is 0.632. The highest BCUT2D eigenvalue weighted by Gasteiger charge is 2.24. The van der Waals surface area contributed by atoms with Crippen molar-refractivity contribution in [2.45, 2.75) is 44.7 Å². The van der Waals surface area contributed by atoms with Crippen molar-refractivity contribution >= 4 is 5.91 Å². The van der Waals surface area contributed by atoms with Crippen molar-refractivity contribution in [3.63, 3.8) is 0 Å². The quantitative estimate of drug-likeness (QED) is 0.840. The summed E-state index contributed by atoms with van der Waals surface area (Å²) in [5.41, 5.74) is 1.19. The predicted molar refractivity (Wildman–Crippen MR) is 95.4 cm³/mol. The van der Waals surface area contributed by atoms with Crippen LogP contribution in [-0.2, 0) is 4.79 Å². The van der Waals surface area contributed by atoms with Gasteiger partial charge >= 0.3 is 0 Å². The highest BCUT2D eigenvalue weighted by Crippen LogP contribution is 2.19. The van der Waals surface area contributed by atoms with Gasteiger partial charge in [-0.25, -0.2) is 0 Å². The minimum Gasteiger partial charge on any atom is -0.348 e. The Balaban J connectivity index is 2.00. The Labute approximate surface area is 140 Å². The van der Waals surface area contributed by atoms with Gasteiger partial charge in [0.15, 0.2) is 0 Å². The van der Waals surface area contributed by atoms with Gasteiger partial charge in [-0.1, -0.05) is 37.3 Å². The summed E-state index contributed by atoms with van der Waals surface area (Å²) in [6.45, 7) is 5.23. The summed E-state index contributed by atoms with van der Waals surface area (Å²) in [6.07, 6.45) is 3.90. The summed E-state index contributed by atoms with van der Waals surface area (Å²) in [7, 11) is 4.38. The van der Waals surface area contributed by atoms with E-state index in [2.05, 4.69) is 41.3 Å². The minimum atomic E-state index is 0.0694. The topological polar surface area (TPSA) is 35.6 Å². The monoisotopic (exact) mass is 317 g/mol. The van der Waals surface area contributed by atoms with Crippen LogP contribution in [0.15, 0.2) is 30.3 Å². The molecule has 0 aliphatic carbocycles. The van der Waals surface area contributed by atoms with Crippen molar-refractivity contribution in [2.24, 2.45) is 0 Å². The molecule has 1 amide bonds. The summed E-state index contributed by atoms with van der Waals surface area (Å²) in [5, 5.41) is 3.22. The number of likely N-dealkylation sites (tertiary alicyclic amines) is 1. The molecule has 0 bridgehead atoms. The third-order valence-corrected chi connectivity index (χ3v) is 4.80. The second kappa shape index (κ2) is 9.04. The van der Waals surface area contributed by atoms with Crippen LogP contribution in [0.5, 0.6) is 0 Å². The van der Waals surface area contributed by atoms with Gasteiger partial charge in [-0.2, -0.15) is 0 Å². The van der Waals surface area contributed by atoms with E-state index in [1.54, 1.807) is 0 Å². The van der Waals surface area contributed by atoms with E-state index in [9.17, 15) is 4.79 Å². The number of benzene rings is 1. The zero-order chi connectivity index (χ0) is 16.7. The molecule has 1 N–H and O–H groups in total. The first-order valence-electron chi connectivity index (χ1n) is 8.83. The molecule has 4 heteroatoms. The van der Waals surface area contributed by atoms with E-state index in [-0.39, 0.29) is 11.9 Å². The lowest BCUT2D eigenvalue weighted by atomic mass is 10.0. The molecule has 2 rings (SSSR count). The Morgan fingerprint density at radius 1 is 1.30 bits per heavy atom. The largest absolute Gasteiger partial charge is 0.348 e. The van der Waals surface area contributed by atoms with Gasteiger partial charge in [-0.3, -0.25) is 4.79 Å². The molecule has 1 atom stereocenters. The molecule has 1 heterocycles. The number of hydrogen-bond acceptors (Lipinski definition) is 3. The number of rotatable bonds is 7. The van der Waals surface area contributed by atoms with Crippen LogP contribution in [0.25, 0.3) is 0 Å². The van der Waals surface area contributed by atoms with Crippen LogP contribution in [0.2, 0.25) is 0 Å². The number of carbonyl (C=O) groups excluding carboxylic acids is 1. The van der Waals surface area contributed by atoms with Crippen molar-refractivity contribution in [3.05, 3.63) is 35.9 Å². The molecule has 1 fully saturated rings. The van der Waals surface area contributed by atoms with Gasteiger partial charge in [0.2, 0.25) is 5.91 Å². The van der Waals surface area contributed by atoms with Gasteiger partial charge < -0.3 is 15.1 Å². The molecule has 0 radical (unpaired) electrons. The smallest absolute Gasteiger partial charge is 0.220 e. The lowest BCUT2D eigenvalue weighted by molar-refractivity contribution is -0.122. The maximum Gasteiger partial charge on any atom is 0.220 e.